The molecule has 0 saturated carbocycles. The van der Waals surface area contributed by atoms with Gasteiger partial charge in [-0.05, 0) is 43.3 Å². The number of nitrogens with zero attached hydrogens (tertiary/aromatic N) is 1. The van der Waals surface area contributed by atoms with E-state index in [-0.39, 0.29) is 37.2 Å². The Bertz CT molecular complexity index is 882. The maximum atomic E-state index is 12.2. The second-order valence-electron chi connectivity index (χ2n) is 5.88. The Morgan fingerprint density at radius 2 is 2.04 bits per heavy atom. The summed E-state index contributed by atoms with van der Waals surface area (Å²) in [4.78, 5) is 37.5. The van der Waals surface area contributed by atoms with Crippen LogP contribution in [0.2, 0.25) is 5.02 Å². The average molecular weight is 373 g/mol. The Morgan fingerprint density at radius 3 is 2.77 bits per heavy atom. The Hall–Kier alpha value is -2.86. The Labute approximate surface area is 155 Å². The molecule has 6 nitrogen and oxygen atoms in total. The molecule has 0 atom stereocenters. The standard InChI is InChI=1S/C19H17ClN2O4/c1-12(23)13-5-6-17-16(9-13)22(19(25)11-26-17)8-7-18(24)21-15-4-2-3-14(20)10-15/h2-6,9-10H,7-8,11H2,1H3,(H,21,24). The van der Waals surface area contributed by atoms with Gasteiger partial charge in [0.15, 0.2) is 12.4 Å². The minimum Gasteiger partial charge on any atom is -0.482 e. The molecule has 0 aliphatic carbocycles. The number of anilines is 2. The summed E-state index contributed by atoms with van der Waals surface area (Å²) in [5.41, 5.74) is 1.58. The molecule has 3 rings (SSSR count). The normalized spacial score (nSPS) is 13.0. The van der Waals surface area contributed by atoms with Crippen LogP contribution < -0.4 is 15.0 Å². The van der Waals surface area contributed by atoms with Crippen LogP contribution in [0.4, 0.5) is 11.4 Å². The minimum absolute atomic E-state index is 0.0949. The number of benzene rings is 2. The van der Waals surface area contributed by atoms with Gasteiger partial charge in [0, 0.05) is 29.2 Å². The van der Waals surface area contributed by atoms with Crippen molar-refractivity contribution in [2.45, 2.75) is 13.3 Å². The second-order valence-corrected chi connectivity index (χ2v) is 6.32. The van der Waals surface area contributed by atoms with Gasteiger partial charge in [0.05, 0.1) is 5.69 Å². The molecule has 26 heavy (non-hydrogen) atoms. The molecule has 2 aromatic rings. The van der Waals surface area contributed by atoms with Crippen LogP contribution in [0.1, 0.15) is 23.7 Å². The van der Waals surface area contributed by atoms with Gasteiger partial charge in [0.2, 0.25) is 5.91 Å². The van der Waals surface area contributed by atoms with Gasteiger partial charge in [-0.15, -0.1) is 0 Å². The molecule has 2 amide bonds. The third kappa shape index (κ3) is 4.03. The first-order chi connectivity index (χ1) is 12.4. The largest absolute Gasteiger partial charge is 0.482 e. The van der Waals surface area contributed by atoms with Crippen molar-refractivity contribution < 1.29 is 19.1 Å². The maximum Gasteiger partial charge on any atom is 0.265 e. The molecule has 7 heteroatoms. The van der Waals surface area contributed by atoms with Gasteiger partial charge in [-0.1, -0.05) is 17.7 Å². The molecule has 1 N–H and O–H groups in total. The van der Waals surface area contributed by atoms with E-state index in [2.05, 4.69) is 5.32 Å². The maximum absolute atomic E-state index is 12.2. The molecule has 1 aliphatic heterocycles. The molecule has 0 radical (unpaired) electrons. The number of hydrogen-bond donors (Lipinski definition) is 1. The molecule has 1 aliphatic rings. The number of rotatable bonds is 5. The molecule has 0 unspecified atom stereocenters. The molecule has 1 heterocycles. The molecule has 0 aromatic heterocycles. The van der Waals surface area contributed by atoms with Gasteiger partial charge in [-0.3, -0.25) is 14.4 Å². The molecule has 2 aromatic carbocycles. The molecular formula is C19H17ClN2O4. The average Bonchev–Trinajstić information content (AvgIpc) is 2.60. The molecular weight excluding hydrogens is 356 g/mol. The SMILES string of the molecule is CC(=O)c1ccc2c(c1)N(CCC(=O)Nc1cccc(Cl)c1)C(=O)CO2. The number of fused-ring (bicyclic) bond motifs is 1. The molecule has 0 bridgehead atoms. The fourth-order valence-electron chi connectivity index (χ4n) is 2.67. The lowest BCUT2D eigenvalue weighted by molar-refractivity contribution is -0.121. The number of Topliss-reactive ketones (excluding diaryl/α,β-unsaturated/α-hetero) is 1. The smallest absolute Gasteiger partial charge is 0.265 e. The number of nitrogens with one attached hydrogen (secondary N) is 1. The number of carbonyl (C=O) groups excluding carboxylic acids is 3. The lowest BCUT2D eigenvalue weighted by Crippen LogP contribution is -2.40. The number of carbonyl (C=O) groups is 3. The van der Waals surface area contributed by atoms with E-state index < -0.39 is 0 Å². The molecule has 0 fully saturated rings. The number of hydrogen-bond acceptors (Lipinski definition) is 4. The molecule has 0 spiro atoms. The van der Waals surface area contributed by atoms with Crippen LogP contribution in [-0.2, 0) is 9.59 Å². The summed E-state index contributed by atoms with van der Waals surface area (Å²) in [5.74, 6) is -0.0843. The molecule has 0 saturated heterocycles. The number of ketones is 1. The van der Waals surface area contributed by atoms with E-state index in [1.807, 2.05) is 0 Å². The van der Waals surface area contributed by atoms with E-state index in [9.17, 15) is 14.4 Å². The first-order valence-corrected chi connectivity index (χ1v) is 8.45. The lowest BCUT2D eigenvalue weighted by atomic mass is 10.1. The van der Waals surface area contributed by atoms with Crippen LogP contribution in [0, 0.1) is 0 Å². The van der Waals surface area contributed by atoms with Crippen LogP contribution in [0.25, 0.3) is 0 Å². The number of amides is 2. The van der Waals surface area contributed by atoms with E-state index in [0.717, 1.165) is 0 Å². The summed E-state index contributed by atoms with van der Waals surface area (Å²) in [6.07, 6.45) is 0.0992. The fraction of sp³-hybridized carbons (Fsp3) is 0.211. The van der Waals surface area contributed by atoms with E-state index in [4.69, 9.17) is 16.3 Å². The number of halogens is 1. The summed E-state index contributed by atoms with van der Waals surface area (Å²) in [7, 11) is 0. The Morgan fingerprint density at radius 1 is 1.23 bits per heavy atom. The van der Waals surface area contributed by atoms with Crippen molar-refractivity contribution in [1.82, 2.24) is 0 Å². The predicted molar refractivity (Wildman–Crippen MR) is 99.0 cm³/mol. The van der Waals surface area contributed by atoms with Crippen LogP contribution in [0.3, 0.4) is 0 Å². The monoisotopic (exact) mass is 372 g/mol. The van der Waals surface area contributed by atoms with Crippen LogP contribution in [0.5, 0.6) is 5.75 Å². The van der Waals surface area contributed by atoms with Crippen LogP contribution in [-0.4, -0.2) is 30.7 Å². The van der Waals surface area contributed by atoms with Crippen molar-refractivity contribution in [2.24, 2.45) is 0 Å². The van der Waals surface area contributed by atoms with Crippen molar-refractivity contribution in [1.29, 1.82) is 0 Å². The second kappa shape index (κ2) is 7.58. The Balaban J connectivity index is 1.71. The van der Waals surface area contributed by atoms with Gasteiger partial charge >= 0.3 is 0 Å². The highest BCUT2D eigenvalue weighted by Gasteiger charge is 2.26. The van der Waals surface area contributed by atoms with Crippen molar-refractivity contribution in [2.75, 3.05) is 23.4 Å². The van der Waals surface area contributed by atoms with E-state index in [1.54, 1.807) is 42.5 Å². The predicted octanol–water partition coefficient (Wildman–Crippen LogP) is 3.30. The summed E-state index contributed by atoms with van der Waals surface area (Å²) in [6, 6.07) is 11.8. The first-order valence-electron chi connectivity index (χ1n) is 8.07. The third-order valence-corrected chi connectivity index (χ3v) is 4.21. The summed E-state index contributed by atoms with van der Waals surface area (Å²) in [5, 5.41) is 3.27. The number of ether oxygens (including phenoxy) is 1. The van der Waals surface area contributed by atoms with Crippen LogP contribution >= 0.6 is 11.6 Å². The summed E-state index contributed by atoms with van der Waals surface area (Å²) in [6.45, 7) is 1.54. The van der Waals surface area contributed by atoms with Crippen molar-refractivity contribution >= 4 is 40.6 Å². The molecule has 134 valence electrons. The van der Waals surface area contributed by atoms with Crippen molar-refractivity contribution in [3.8, 4) is 5.75 Å². The minimum atomic E-state index is -0.256. The summed E-state index contributed by atoms with van der Waals surface area (Å²) < 4.78 is 5.40. The zero-order valence-electron chi connectivity index (χ0n) is 14.1. The quantitative estimate of drug-likeness (QED) is 0.817. The van der Waals surface area contributed by atoms with E-state index >= 15 is 0 Å². The third-order valence-electron chi connectivity index (χ3n) is 3.98. The van der Waals surface area contributed by atoms with Gasteiger partial charge in [0.1, 0.15) is 5.75 Å². The van der Waals surface area contributed by atoms with E-state index in [1.165, 1.54) is 11.8 Å². The first kappa shape index (κ1) is 17.9. The Kier molecular flexibility index (Phi) is 5.23. The highest BCUT2D eigenvalue weighted by molar-refractivity contribution is 6.30. The van der Waals surface area contributed by atoms with E-state index in [0.29, 0.717) is 27.7 Å². The van der Waals surface area contributed by atoms with Gasteiger partial charge in [-0.2, -0.15) is 0 Å². The topological polar surface area (TPSA) is 75.7 Å². The van der Waals surface area contributed by atoms with Gasteiger partial charge in [-0.25, -0.2) is 0 Å². The van der Waals surface area contributed by atoms with Crippen molar-refractivity contribution in [3.63, 3.8) is 0 Å². The van der Waals surface area contributed by atoms with Crippen molar-refractivity contribution in [3.05, 3.63) is 53.1 Å². The van der Waals surface area contributed by atoms with Crippen LogP contribution in [0.15, 0.2) is 42.5 Å². The highest BCUT2D eigenvalue weighted by Crippen LogP contribution is 2.33. The summed E-state index contributed by atoms with van der Waals surface area (Å²) >= 11 is 5.90. The zero-order chi connectivity index (χ0) is 18.7. The lowest BCUT2D eigenvalue weighted by Gasteiger charge is -2.29. The van der Waals surface area contributed by atoms with Gasteiger partial charge < -0.3 is 15.0 Å². The zero-order valence-corrected chi connectivity index (χ0v) is 14.9. The fourth-order valence-corrected chi connectivity index (χ4v) is 2.86. The van der Waals surface area contributed by atoms with Gasteiger partial charge in [0.25, 0.3) is 5.91 Å². The highest BCUT2D eigenvalue weighted by atomic mass is 35.5.